The van der Waals surface area contributed by atoms with Crippen molar-refractivity contribution in [1.82, 2.24) is 0 Å². The Kier molecular flexibility index (Phi) is 6.40. The molecule has 6 heteroatoms. The standard InChI is InChI=1S/C38H19B5S/c39-34-33(35(40)37(42)38(43)36(34)41)32-25-10-3-1-8-23(25)30(24-9-2-4-11-26(24)32)21-18-16-20(17-19-21)22-13-7-15-29-31(22)27-12-5-6-14-28(27)44-29/h1-19H. The van der Waals surface area contributed by atoms with Crippen LogP contribution in [0.5, 0.6) is 0 Å². The molecule has 0 amide bonds. The summed E-state index contributed by atoms with van der Waals surface area (Å²) in [5, 5.41) is 6.75. The second kappa shape index (κ2) is 10.4. The molecule has 8 rings (SSSR count). The predicted octanol–water partition coefficient (Wildman–Crippen LogP) is 5.33. The number of benzene rings is 7. The minimum absolute atomic E-state index is 0.209. The number of thiophene rings is 1. The van der Waals surface area contributed by atoms with Crippen molar-refractivity contribution in [3.8, 4) is 33.4 Å². The van der Waals surface area contributed by atoms with Gasteiger partial charge in [0.15, 0.2) is 0 Å². The van der Waals surface area contributed by atoms with Crippen molar-refractivity contribution < 1.29 is 0 Å². The molecule has 0 aliphatic carbocycles. The largest absolute Gasteiger partial charge is 0.135 e. The lowest BCUT2D eigenvalue weighted by atomic mass is 9.59. The maximum absolute atomic E-state index is 6.61. The molecule has 0 spiro atoms. The van der Waals surface area contributed by atoms with Gasteiger partial charge in [-0.05, 0) is 67.1 Å². The predicted molar refractivity (Wildman–Crippen MR) is 198 cm³/mol. The monoisotopic (exact) mass is 562 g/mol. The summed E-state index contributed by atoms with van der Waals surface area (Å²) in [6.07, 6.45) is 0. The fourth-order valence-corrected chi connectivity index (χ4v) is 7.79. The topological polar surface area (TPSA) is 0 Å². The molecule has 10 radical (unpaired) electrons. The molecule has 0 bridgehead atoms. The highest BCUT2D eigenvalue weighted by Gasteiger charge is 2.20. The van der Waals surface area contributed by atoms with Crippen LogP contribution in [-0.2, 0) is 0 Å². The van der Waals surface area contributed by atoms with E-state index in [4.69, 9.17) is 39.2 Å². The Bertz CT molecular complexity index is 2350. The Morgan fingerprint density at radius 2 is 0.795 bits per heavy atom. The van der Waals surface area contributed by atoms with Gasteiger partial charge in [-0.1, -0.05) is 114 Å². The summed E-state index contributed by atoms with van der Waals surface area (Å²) in [6.45, 7) is 0. The molecule has 0 unspecified atom stereocenters. The molecule has 0 fully saturated rings. The minimum Gasteiger partial charge on any atom is -0.135 e. The first kappa shape index (κ1) is 27.2. The molecule has 0 aliphatic rings. The molecule has 1 heterocycles. The zero-order valence-electron chi connectivity index (χ0n) is 23.8. The molecular weight excluding hydrogens is 543 g/mol. The maximum atomic E-state index is 6.61. The Morgan fingerprint density at radius 3 is 1.39 bits per heavy atom. The zero-order valence-corrected chi connectivity index (χ0v) is 24.6. The quantitative estimate of drug-likeness (QED) is 0.202. The molecule has 7 aromatic carbocycles. The van der Waals surface area contributed by atoms with Crippen LogP contribution in [0.25, 0.3) is 75.1 Å². The summed E-state index contributed by atoms with van der Waals surface area (Å²) in [5.74, 6) is 0. The van der Waals surface area contributed by atoms with Gasteiger partial charge in [-0.15, -0.1) is 27.7 Å². The Labute approximate surface area is 267 Å². The first-order chi connectivity index (χ1) is 21.4. The van der Waals surface area contributed by atoms with Gasteiger partial charge in [0.25, 0.3) is 0 Å². The van der Waals surface area contributed by atoms with Crippen molar-refractivity contribution in [3.05, 3.63) is 115 Å². The summed E-state index contributed by atoms with van der Waals surface area (Å²) in [5.41, 5.74) is 7.53. The lowest BCUT2D eigenvalue weighted by Crippen LogP contribution is -2.55. The molecule has 0 atom stereocenters. The van der Waals surface area contributed by atoms with E-state index in [1.54, 1.807) is 0 Å². The minimum atomic E-state index is 0.209. The Hall–Kier alpha value is -4.40. The Morgan fingerprint density at radius 1 is 0.341 bits per heavy atom. The molecule has 44 heavy (non-hydrogen) atoms. The van der Waals surface area contributed by atoms with Crippen molar-refractivity contribution in [2.75, 3.05) is 0 Å². The number of rotatable bonds is 3. The molecule has 0 saturated carbocycles. The normalized spacial score (nSPS) is 11.6. The fraction of sp³-hybridized carbons (Fsp3) is 0. The van der Waals surface area contributed by atoms with Gasteiger partial charge in [0.2, 0.25) is 0 Å². The first-order valence-corrected chi connectivity index (χ1v) is 15.2. The molecular formula is C38H19B5S. The van der Waals surface area contributed by atoms with Crippen molar-refractivity contribution in [3.63, 3.8) is 0 Å². The van der Waals surface area contributed by atoms with E-state index in [1.165, 1.54) is 31.3 Å². The number of fused-ring (bicyclic) bond motifs is 5. The van der Waals surface area contributed by atoms with E-state index in [1.807, 2.05) is 23.5 Å². The highest BCUT2D eigenvalue weighted by atomic mass is 32.1. The second-order valence-corrected chi connectivity index (χ2v) is 12.2. The molecule has 0 nitrogen and oxygen atoms in total. The lowest BCUT2D eigenvalue weighted by Gasteiger charge is -2.25. The SMILES string of the molecule is [B]c1c([B])c([B])c(-c2c3ccccc3c(-c3ccc(-c4cccc5sc6ccccc6c45)cc3)c3ccccc23)c([B])c1[B]. The van der Waals surface area contributed by atoms with E-state index < -0.39 is 0 Å². The van der Waals surface area contributed by atoms with Gasteiger partial charge in [-0.2, -0.15) is 0 Å². The smallest absolute Gasteiger partial charge is 0.113 e. The third-order valence-corrected chi connectivity index (χ3v) is 9.90. The average Bonchev–Trinajstić information content (AvgIpc) is 3.45. The van der Waals surface area contributed by atoms with Gasteiger partial charge in [-0.25, -0.2) is 0 Å². The first-order valence-electron chi connectivity index (χ1n) is 14.4. The van der Waals surface area contributed by atoms with Gasteiger partial charge in [0.1, 0.15) is 39.2 Å². The summed E-state index contributed by atoms with van der Waals surface area (Å²) >= 11 is 1.84. The number of hydrogen-bond donors (Lipinski definition) is 0. The van der Waals surface area contributed by atoms with Gasteiger partial charge in [-0.3, -0.25) is 0 Å². The summed E-state index contributed by atoms with van der Waals surface area (Å²) < 4.78 is 2.60. The van der Waals surface area contributed by atoms with E-state index >= 15 is 0 Å². The van der Waals surface area contributed by atoms with Crippen LogP contribution >= 0.6 is 11.3 Å². The Balaban J connectivity index is 1.38. The van der Waals surface area contributed by atoms with Crippen LogP contribution in [0.3, 0.4) is 0 Å². The maximum Gasteiger partial charge on any atom is 0.113 e. The van der Waals surface area contributed by atoms with Crippen molar-refractivity contribution >= 4 is 120 Å². The average molecular weight is 562 g/mol. The molecule has 0 aliphatic heterocycles. The van der Waals surface area contributed by atoms with E-state index in [0.29, 0.717) is 16.5 Å². The van der Waals surface area contributed by atoms with Gasteiger partial charge < -0.3 is 0 Å². The molecule has 1 aromatic heterocycles. The van der Waals surface area contributed by atoms with Gasteiger partial charge in [0.05, 0.1) is 0 Å². The van der Waals surface area contributed by atoms with Crippen LogP contribution in [0.15, 0.2) is 115 Å². The van der Waals surface area contributed by atoms with E-state index in [0.717, 1.165) is 38.2 Å². The van der Waals surface area contributed by atoms with Crippen LogP contribution in [0, 0.1) is 0 Å². The fourth-order valence-electron chi connectivity index (χ4n) is 6.66. The van der Waals surface area contributed by atoms with Crippen molar-refractivity contribution in [2.24, 2.45) is 0 Å². The van der Waals surface area contributed by atoms with Crippen LogP contribution < -0.4 is 27.3 Å². The third kappa shape index (κ3) is 3.97. The summed E-state index contributed by atoms with van der Waals surface area (Å²) in [4.78, 5) is 0. The zero-order chi connectivity index (χ0) is 30.1. The van der Waals surface area contributed by atoms with Crippen LogP contribution in [0.1, 0.15) is 0 Å². The lowest BCUT2D eigenvalue weighted by molar-refractivity contribution is 1.65. The van der Waals surface area contributed by atoms with Gasteiger partial charge in [0, 0.05) is 20.2 Å². The molecule has 192 valence electrons. The highest BCUT2D eigenvalue weighted by molar-refractivity contribution is 7.25. The third-order valence-electron chi connectivity index (χ3n) is 8.77. The highest BCUT2D eigenvalue weighted by Crippen LogP contribution is 2.44. The summed E-state index contributed by atoms with van der Waals surface area (Å²) in [7, 11) is 32.1. The van der Waals surface area contributed by atoms with E-state index in [9.17, 15) is 0 Å². The van der Waals surface area contributed by atoms with Crippen molar-refractivity contribution in [2.45, 2.75) is 0 Å². The van der Waals surface area contributed by atoms with E-state index in [2.05, 4.69) is 103 Å². The summed E-state index contributed by atoms with van der Waals surface area (Å²) in [6, 6.07) is 40.7. The van der Waals surface area contributed by atoms with E-state index in [-0.39, 0.29) is 16.4 Å². The van der Waals surface area contributed by atoms with Gasteiger partial charge >= 0.3 is 0 Å². The second-order valence-electron chi connectivity index (χ2n) is 11.1. The van der Waals surface area contributed by atoms with Crippen molar-refractivity contribution in [1.29, 1.82) is 0 Å². The van der Waals surface area contributed by atoms with Crippen LogP contribution in [-0.4, -0.2) is 39.2 Å². The number of hydrogen-bond acceptors (Lipinski definition) is 1. The molecule has 0 N–H and O–H groups in total. The molecule has 8 aromatic rings. The van der Waals surface area contributed by atoms with Crippen LogP contribution in [0.2, 0.25) is 0 Å². The van der Waals surface area contributed by atoms with Crippen LogP contribution in [0.4, 0.5) is 0 Å². The molecule has 0 saturated heterocycles.